The van der Waals surface area contributed by atoms with Gasteiger partial charge in [-0.05, 0) is 50.1 Å². The van der Waals surface area contributed by atoms with Crippen LogP contribution in [0.4, 0.5) is 4.39 Å². The van der Waals surface area contributed by atoms with Gasteiger partial charge in [0.2, 0.25) is 0 Å². The molecule has 0 aliphatic carbocycles. The summed E-state index contributed by atoms with van der Waals surface area (Å²) in [6.07, 6.45) is 0. The van der Waals surface area contributed by atoms with Crippen molar-refractivity contribution in [1.29, 1.82) is 0 Å². The van der Waals surface area contributed by atoms with Gasteiger partial charge in [0.15, 0.2) is 0 Å². The van der Waals surface area contributed by atoms with Gasteiger partial charge in [-0.25, -0.2) is 9.37 Å². The summed E-state index contributed by atoms with van der Waals surface area (Å²) >= 11 is 6.28. The third kappa shape index (κ3) is 2.32. The fraction of sp³-hybridized carbons (Fsp3) is 0.235. The fourth-order valence-corrected chi connectivity index (χ4v) is 2.71. The number of para-hydroxylation sites is 1. The highest BCUT2D eigenvalue weighted by Crippen LogP contribution is 2.30. The van der Waals surface area contributed by atoms with Gasteiger partial charge >= 0.3 is 0 Å². The first-order valence-corrected chi connectivity index (χ1v) is 7.31. The Balaban J connectivity index is 2.38. The van der Waals surface area contributed by atoms with E-state index in [4.69, 9.17) is 11.6 Å². The van der Waals surface area contributed by atoms with Crippen LogP contribution in [-0.4, -0.2) is 9.55 Å². The van der Waals surface area contributed by atoms with Gasteiger partial charge in [-0.3, -0.25) is 4.57 Å². The van der Waals surface area contributed by atoms with Crippen LogP contribution in [0, 0.1) is 19.7 Å². The molecule has 1 aromatic heterocycles. The molecule has 0 radical (unpaired) electrons. The molecule has 0 spiro atoms. The fourth-order valence-electron chi connectivity index (χ4n) is 2.56. The number of hydrogen-bond acceptors (Lipinski definition) is 1. The predicted octanol–water partition coefficient (Wildman–Crippen LogP) is 5.08. The molecule has 1 heterocycles. The van der Waals surface area contributed by atoms with Gasteiger partial charge in [-0.1, -0.05) is 18.2 Å². The Labute approximate surface area is 128 Å². The number of benzene rings is 2. The number of imidazole rings is 1. The molecular weight excluding hydrogens is 287 g/mol. The molecule has 1 unspecified atom stereocenters. The molecule has 1 atom stereocenters. The molecule has 4 heteroatoms. The lowest BCUT2D eigenvalue weighted by Crippen LogP contribution is -2.03. The Bertz CT molecular complexity index is 821. The molecule has 0 saturated heterocycles. The molecular formula is C17H16ClFN2. The average molecular weight is 303 g/mol. The van der Waals surface area contributed by atoms with E-state index < -0.39 is 0 Å². The van der Waals surface area contributed by atoms with Gasteiger partial charge in [0, 0.05) is 0 Å². The zero-order valence-corrected chi connectivity index (χ0v) is 12.9. The molecule has 2 aromatic carbocycles. The molecule has 2 nitrogen and oxygen atoms in total. The summed E-state index contributed by atoms with van der Waals surface area (Å²) in [7, 11) is 0. The monoisotopic (exact) mass is 302 g/mol. The Morgan fingerprint density at radius 1 is 1.14 bits per heavy atom. The number of hydrogen-bond donors (Lipinski definition) is 0. The molecule has 0 N–H and O–H groups in total. The highest BCUT2D eigenvalue weighted by Gasteiger charge is 2.18. The SMILES string of the molecule is Cc1ccc(-n2c(C(C)Cl)nc3cccc(C)c32)cc1F. The third-order valence-corrected chi connectivity index (χ3v) is 3.87. The zero-order valence-electron chi connectivity index (χ0n) is 12.2. The number of halogens is 2. The maximum Gasteiger partial charge on any atom is 0.132 e. The minimum atomic E-state index is -0.263. The Hall–Kier alpha value is -1.87. The van der Waals surface area contributed by atoms with E-state index in [0.717, 1.165) is 28.1 Å². The van der Waals surface area contributed by atoms with E-state index in [-0.39, 0.29) is 11.2 Å². The van der Waals surface area contributed by atoms with E-state index >= 15 is 0 Å². The van der Waals surface area contributed by atoms with Gasteiger partial charge in [0.1, 0.15) is 11.6 Å². The van der Waals surface area contributed by atoms with Crippen LogP contribution < -0.4 is 0 Å². The number of aromatic nitrogens is 2. The molecule has 0 saturated carbocycles. The number of rotatable bonds is 2. The second-order valence-corrected chi connectivity index (χ2v) is 5.95. The zero-order chi connectivity index (χ0) is 15.1. The third-order valence-electron chi connectivity index (χ3n) is 3.67. The largest absolute Gasteiger partial charge is 0.295 e. The van der Waals surface area contributed by atoms with Crippen LogP contribution in [0.1, 0.15) is 29.3 Å². The molecule has 0 aliphatic rings. The highest BCUT2D eigenvalue weighted by molar-refractivity contribution is 6.20. The first kappa shape index (κ1) is 14.1. The van der Waals surface area contributed by atoms with Crippen molar-refractivity contribution in [2.45, 2.75) is 26.1 Å². The number of alkyl halides is 1. The Kier molecular flexibility index (Phi) is 3.46. The minimum Gasteiger partial charge on any atom is -0.295 e. The maximum absolute atomic E-state index is 13.9. The van der Waals surface area contributed by atoms with Crippen LogP contribution in [0.5, 0.6) is 0 Å². The van der Waals surface area contributed by atoms with Crippen molar-refractivity contribution < 1.29 is 4.39 Å². The number of fused-ring (bicyclic) bond motifs is 1. The Morgan fingerprint density at radius 2 is 1.90 bits per heavy atom. The van der Waals surface area contributed by atoms with Gasteiger partial charge in [-0.15, -0.1) is 11.6 Å². The summed E-state index contributed by atoms with van der Waals surface area (Å²) in [5.74, 6) is 0.500. The quantitative estimate of drug-likeness (QED) is 0.604. The lowest BCUT2D eigenvalue weighted by atomic mass is 10.1. The van der Waals surface area contributed by atoms with E-state index in [1.807, 2.05) is 42.7 Å². The van der Waals surface area contributed by atoms with Crippen molar-refractivity contribution in [2.24, 2.45) is 0 Å². The van der Waals surface area contributed by atoms with Crippen molar-refractivity contribution >= 4 is 22.6 Å². The molecule has 0 bridgehead atoms. The highest BCUT2D eigenvalue weighted by atomic mass is 35.5. The molecule has 108 valence electrons. The summed E-state index contributed by atoms with van der Waals surface area (Å²) in [6, 6.07) is 11.1. The van der Waals surface area contributed by atoms with Gasteiger partial charge in [0.05, 0.1) is 22.1 Å². The number of aryl methyl sites for hydroxylation is 2. The van der Waals surface area contributed by atoms with Gasteiger partial charge in [-0.2, -0.15) is 0 Å². The first-order valence-electron chi connectivity index (χ1n) is 6.87. The predicted molar refractivity (Wildman–Crippen MR) is 84.8 cm³/mol. The van der Waals surface area contributed by atoms with Crippen LogP contribution in [0.3, 0.4) is 0 Å². The second kappa shape index (κ2) is 5.15. The Morgan fingerprint density at radius 3 is 2.57 bits per heavy atom. The lowest BCUT2D eigenvalue weighted by molar-refractivity contribution is 0.617. The van der Waals surface area contributed by atoms with Crippen molar-refractivity contribution in [3.8, 4) is 5.69 Å². The van der Waals surface area contributed by atoms with Crippen molar-refractivity contribution in [3.63, 3.8) is 0 Å². The average Bonchev–Trinajstić information content (AvgIpc) is 2.83. The first-order chi connectivity index (χ1) is 9.99. The van der Waals surface area contributed by atoms with Gasteiger partial charge in [0.25, 0.3) is 0 Å². The van der Waals surface area contributed by atoms with Crippen LogP contribution >= 0.6 is 11.6 Å². The summed E-state index contributed by atoms with van der Waals surface area (Å²) in [5.41, 5.74) is 4.31. The summed E-state index contributed by atoms with van der Waals surface area (Å²) in [4.78, 5) is 4.61. The van der Waals surface area contributed by atoms with E-state index in [0.29, 0.717) is 5.56 Å². The van der Waals surface area contributed by atoms with Crippen LogP contribution in [0.25, 0.3) is 16.7 Å². The van der Waals surface area contributed by atoms with E-state index in [2.05, 4.69) is 4.98 Å². The minimum absolute atomic E-state index is 0.226. The molecule has 0 aliphatic heterocycles. The van der Waals surface area contributed by atoms with Crippen LogP contribution in [-0.2, 0) is 0 Å². The van der Waals surface area contributed by atoms with E-state index in [9.17, 15) is 4.39 Å². The standard InChI is InChI=1S/C17H16ClFN2/c1-10-7-8-13(9-14(10)19)21-16-11(2)5-4-6-15(16)20-17(21)12(3)18/h4-9,12H,1-3H3. The lowest BCUT2D eigenvalue weighted by Gasteiger charge is -2.12. The van der Waals surface area contributed by atoms with E-state index in [1.165, 1.54) is 6.07 Å². The molecule has 0 fully saturated rings. The maximum atomic E-state index is 13.9. The summed E-state index contributed by atoms with van der Waals surface area (Å²) in [6.45, 7) is 5.65. The summed E-state index contributed by atoms with van der Waals surface area (Å²) in [5, 5.41) is -0.263. The van der Waals surface area contributed by atoms with E-state index in [1.54, 1.807) is 13.0 Å². The van der Waals surface area contributed by atoms with Gasteiger partial charge < -0.3 is 0 Å². The molecule has 21 heavy (non-hydrogen) atoms. The van der Waals surface area contributed by atoms with Crippen molar-refractivity contribution in [2.75, 3.05) is 0 Å². The summed E-state index contributed by atoms with van der Waals surface area (Å²) < 4.78 is 15.9. The smallest absolute Gasteiger partial charge is 0.132 e. The second-order valence-electron chi connectivity index (χ2n) is 5.30. The van der Waals surface area contributed by atoms with Crippen molar-refractivity contribution in [1.82, 2.24) is 9.55 Å². The van der Waals surface area contributed by atoms with Crippen molar-refractivity contribution in [3.05, 3.63) is 59.2 Å². The topological polar surface area (TPSA) is 17.8 Å². The molecule has 3 rings (SSSR count). The normalized spacial score (nSPS) is 12.8. The van der Waals surface area contributed by atoms with Crippen LogP contribution in [0.15, 0.2) is 36.4 Å². The molecule has 3 aromatic rings. The van der Waals surface area contributed by atoms with Crippen LogP contribution in [0.2, 0.25) is 0 Å². The molecule has 0 amide bonds. The number of nitrogens with zero attached hydrogens (tertiary/aromatic N) is 2.